The monoisotopic (exact) mass is 272 g/mol. The van der Waals surface area contributed by atoms with Crippen molar-refractivity contribution in [2.45, 2.75) is 26.0 Å². The number of benzene rings is 1. The minimum Gasteiger partial charge on any atom is -0.491 e. The van der Waals surface area contributed by atoms with Crippen molar-refractivity contribution in [2.75, 3.05) is 6.61 Å². The van der Waals surface area contributed by atoms with Gasteiger partial charge in [0.25, 0.3) is 0 Å². The van der Waals surface area contributed by atoms with Crippen LogP contribution in [0.1, 0.15) is 35.9 Å². The Kier molecular flexibility index (Phi) is 3.18. The topological polar surface area (TPSA) is 53.3 Å². The minimum absolute atomic E-state index is 0.0385. The summed E-state index contributed by atoms with van der Waals surface area (Å²) in [4.78, 5) is 16.2. The van der Waals surface area contributed by atoms with Crippen molar-refractivity contribution in [1.82, 2.24) is 9.55 Å². The van der Waals surface area contributed by atoms with Crippen LogP contribution in [0.2, 0.25) is 0 Å². The molecule has 0 bridgehead atoms. The van der Waals surface area contributed by atoms with Crippen LogP contribution in [0, 0.1) is 0 Å². The third-order valence-corrected chi connectivity index (χ3v) is 3.23. The molecule has 1 aromatic heterocycles. The van der Waals surface area contributed by atoms with Crippen molar-refractivity contribution in [3.63, 3.8) is 0 Å². The zero-order valence-electron chi connectivity index (χ0n) is 11.4. The van der Waals surface area contributed by atoms with Crippen LogP contribution < -0.4 is 4.74 Å². The molecular weight excluding hydrogens is 256 g/mol. The number of hydrogen-bond acceptors (Lipinski definition) is 4. The summed E-state index contributed by atoms with van der Waals surface area (Å²) in [6, 6.07) is 7.79. The molecule has 1 aliphatic heterocycles. The van der Waals surface area contributed by atoms with Crippen molar-refractivity contribution in [3.8, 4) is 5.75 Å². The van der Waals surface area contributed by atoms with E-state index in [0.717, 1.165) is 11.3 Å². The molecule has 5 nitrogen and oxygen atoms in total. The first-order valence-electron chi connectivity index (χ1n) is 6.61. The Labute approximate surface area is 117 Å². The summed E-state index contributed by atoms with van der Waals surface area (Å²) in [6.07, 6.45) is 3.02. The summed E-state index contributed by atoms with van der Waals surface area (Å²) < 4.78 is 12.7. The van der Waals surface area contributed by atoms with Crippen LogP contribution in [-0.2, 0) is 4.74 Å². The fourth-order valence-corrected chi connectivity index (χ4v) is 2.36. The molecule has 0 unspecified atom stereocenters. The van der Waals surface area contributed by atoms with Crippen molar-refractivity contribution < 1.29 is 14.3 Å². The second-order valence-electron chi connectivity index (χ2n) is 5.00. The first-order valence-corrected chi connectivity index (χ1v) is 6.61. The van der Waals surface area contributed by atoms with Crippen molar-refractivity contribution >= 4 is 5.97 Å². The molecule has 0 radical (unpaired) electrons. The zero-order chi connectivity index (χ0) is 14.1. The van der Waals surface area contributed by atoms with Crippen LogP contribution >= 0.6 is 0 Å². The SMILES string of the molecule is CC(C)OC(=O)c1cncn1[C@H]1COc2ccccc21. The van der Waals surface area contributed by atoms with Gasteiger partial charge in [0.1, 0.15) is 18.1 Å². The van der Waals surface area contributed by atoms with E-state index in [1.807, 2.05) is 42.7 Å². The van der Waals surface area contributed by atoms with Gasteiger partial charge in [-0.1, -0.05) is 18.2 Å². The van der Waals surface area contributed by atoms with Gasteiger partial charge in [0.05, 0.1) is 24.7 Å². The van der Waals surface area contributed by atoms with Crippen LogP contribution in [-0.4, -0.2) is 28.2 Å². The average Bonchev–Trinajstić information content (AvgIpc) is 3.03. The highest BCUT2D eigenvalue weighted by Gasteiger charge is 2.28. The normalized spacial score (nSPS) is 16.9. The number of aromatic nitrogens is 2. The first kappa shape index (κ1) is 12.7. The maximum Gasteiger partial charge on any atom is 0.356 e. The molecule has 2 heterocycles. The van der Waals surface area contributed by atoms with E-state index >= 15 is 0 Å². The van der Waals surface area contributed by atoms with E-state index in [0.29, 0.717) is 12.3 Å². The Morgan fingerprint density at radius 3 is 3.05 bits per heavy atom. The Balaban J connectivity index is 1.93. The number of ether oxygens (including phenoxy) is 2. The molecule has 104 valence electrons. The predicted molar refractivity (Wildman–Crippen MR) is 72.9 cm³/mol. The van der Waals surface area contributed by atoms with Crippen molar-refractivity contribution in [1.29, 1.82) is 0 Å². The van der Waals surface area contributed by atoms with Crippen molar-refractivity contribution in [3.05, 3.63) is 48.0 Å². The molecular formula is C15H16N2O3. The lowest BCUT2D eigenvalue weighted by Gasteiger charge is -2.15. The summed E-state index contributed by atoms with van der Waals surface area (Å²) in [5, 5.41) is 0. The lowest BCUT2D eigenvalue weighted by Crippen LogP contribution is -2.20. The van der Waals surface area contributed by atoms with Gasteiger partial charge < -0.3 is 14.0 Å². The van der Waals surface area contributed by atoms with Gasteiger partial charge in [-0.25, -0.2) is 9.78 Å². The summed E-state index contributed by atoms with van der Waals surface area (Å²) in [5.74, 6) is 0.497. The number of fused-ring (bicyclic) bond motifs is 1. The Morgan fingerprint density at radius 1 is 1.45 bits per heavy atom. The van der Waals surface area contributed by atoms with Crippen LogP contribution in [0.4, 0.5) is 0 Å². The largest absolute Gasteiger partial charge is 0.491 e. The fraction of sp³-hybridized carbons (Fsp3) is 0.333. The maximum atomic E-state index is 12.1. The first-order chi connectivity index (χ1) is 9.66. The van der Waals surface area contributed by atoms with Gasteiger partial charge in [0.15, 0.2) is 0 Å². The summed E-state index contributed by atoms with van der Waals surface area (Å²) in [6.45, 7) is 4.15. The third kappa shape index (κ3) is 2.15. The summed E-state index contributed by atoms with van der Waals surface area (Å²) >= 11 is 0. The number of esters is 1. The quantitative estimate of drug-likeness (QED) is 0.805. The second kappa shape index (κ2) is 5.00. The molecule has 1 aliphatic rings. The zero-order valence-corrected chi connectivity index (χ0v) is 11.4. The number of para-hydroxylation sites is 1. The Hall–Kier alpha value is -2.30. The fourth-order valence-electron chi connectivity index (χ4n) is 2.36. The molecule has 1 atom stereocenters. The van der Waals surface area contributed by atoms with E-state index in [1.165, 1.54) is 6.20 Å². The highest BCUT2D eigenvalue weighted by atomic mass is 16.5. The van der Waals surface area contributed by atoms with E-state index in [-0.39, 0.29) is 18.1 Å². The van der Waals surface area contributed by atoms with E-state index in [4.69, 9.17) is 9.47 Å². The molecule has 0 spiro atoms. The molecule has 0 saturated heterocycles. The number of nitrogens with zero attached hydrogens (tertiary/aromatic N) is 2. The van der Waals surface area contributed by atoms with E-state index in [9.17, 15) is 4.79 Å². The maximum absolute atomic E-state index is 12.1. The molecule has 0 N–H and O–H groups in total. The molecule has 0 saturated carbocycles. The van der Waals surface area contributed by atoms with E-state index < -0.39 is 0 Å². The van der Waals surface area contributed by atoms with Gasteiger partial charge in [-0.15, -0.1) is 0 Å². The standard InChI is InChI=1S/C15H16N2O3/c1-10(2)20-15(18)12-7-16-9-17(12)13-8-19-14-6-4-3-5-11(13)14/h3-7,9-10,13H,8H2,1-2H3/t13-/m0/s1. The van der Waals surface area contributed by atoms with Gasteiger partial charge in [0, 0.05) is 5.56 Å². The summed E-state index contributed by atoms with van der Waals surface area (Å²) in [5.41, 5.74) is 1.51. The number of imidazole rings is 1. The Bertz CT molecular complexity index is 634. The van der Waals surface area contributed by atoms with Crippen LogP contribution in [0.5, 0.6) is 5.75 Å². The van der Waals surface area contributed by atoms with Crippen LogP contribution in [0.15, 0.2) is 36.8 Å². The lowest BCUT2D eigenvalue weighted by atomic mass is 10.1. The van der Waals surface area contributed by atoms with Gasteiger partial charge in [-0.3, -0.25) is 0 Å². The van der Waals surface area contributed by atoms with Crippen molar-refractivity contribution in [2.24, 2.45) is 0 Å². The predicted octanol–water partition coefficient (Wildman–Crippen LogP) is 2.43. The second-order valence-corrected chi connectivity index (χ2v) is 5.00. The lowest BCUT2D eigenvalue weighted by molar-refractivity contribution is 0.0363. The molecule has 20 heavy (non-hydrogen) atoms. The van der Waals surface area contributed by atoms with E-state index in [1.54, 1.807) is 6.33 Å². The van der Waals surface area contributed by atoms with Crippen LogP contribution in [0.3, 0.4) is 0 Å². The number of rotatable bonds is 3. The molecule has 0 aliphatic carbocycles. The summed E-state index contributed by atoms with van der Waals surface area (Å²) in [7, 11) is 0. The highest BCUT2D eigenvalue weighted by molar-refractivity contribution is 5.87. The van der Waals surface area contributed by atoms with E-state index in [2.05, 4.69) is 4.98 Å². The average molecular weight is 272 g/mol. The third-order valence-electron chi connectivity index (χ3n) is 3.23. The number of carbonyl (C=O) groups excluding carboxylic acids is 1. The number of hydrogen-bond donors (Lipinski definition) is 0. The Morgan fingerprint density at radius 2 is 2.25 bits per heavy atom. The van der Waals surface area contributed by atoms with Gasteiger partial charge in [-0.2, -0.15) is 0 Å². The molecule has 5 heteroatoms. The molecule has 3 rings (SSSR count). The smallest absolute Gasteiger partial charge is 0.356 e. The molecule has 1 aromatic carbocycles. The van der Waals surface area contributed by atoms with Crippen LogP contribution in [0.25, 0.3) is 0 Å². The van der Waals surface area contributed by atoms with Gasteiger partial charge in [-0.05, 0) is 19.9 Å². The molecule has 0 amide bonds. The molecule has 0 fully saturated rings. The van der Waals surface area contributed by atoms with Gasteiger partial charge in [0.2, 0.25) is 0 Å². The highest BCUT2D eigenvalue weighted by Crippen LogP contribution is 2.35. The number of carbonyl (C=O) groups is 1. The van der Waals surface area contributed by atoms with Gasteiger partial charge >= 0.3 is 5.97 Å². The minimum atomic E-state index is -0.359. The molecule has 2 aromatic rings.